The number of methoxy groups -OCH3 is 1. The van der Waals surface area contributed by atoms with Gasteiger partial charge in [-0.25, -0.2) is 9.78 Å². The summed E-state index contributed by atoms with van der Waals surface area (Å²) in [7, 11) is 5.53. The number of carboxylic acids is 1. The maximum atomic E-state index is 13.9. The Morgan fingerprint density at radius 1 is 1.02 bits per heavy atom. The molecule has 45 heavy (non-hydrogen) atoms. The number of nitrogens with zero attached hydrogens (tertiary/aromatic N) is 4. The highest BCUT2D eigenvalue weighted by molar-refractivity contribution is 5.87. The van der Waals surface area contributed by atoms with Gasteiger partial charge in [-0.2, -0.15) is 9.78 Å². The number of hydrogen-bond donors (Lipinski definition) is 1. The number of aromatic nitrogens is 2. The summed E-state index contributed by atoms with van der Waals surface area (Å²) in [6, 6.07) is 23.5. The molecule has 0 aliphatic rings. The molecule has 0 saturated heterocycles. The second kappa shape index (κ2) is 13.1. The number of fused-ring (bicyclic) bond motifs is 1. The number of anilines is 1. The van der Waals surface area contributed by atoms with E-state index in [1.807, 2.05) is 74.4 Å². The van der Waals surface area contributed by atoms with Crippen LogP contribution in [0.2, 0.25) is 0 Å². The van der Waals surface area contributed by atoms with Crippen LogP contribution in [0.3, 0.4) is 0 Å². The van der Waals surface area contributed by atoms with Crippen molar-refractivity contribution in [2.24, 2.45) is 5.10 Å². The SMILES string of the molecule is COc1cc(C)c(-c2nc3ccccc3c(=O)n2N=Cc2ccc(N(C)C)cc2OCc2ccc(C(=O)O)cc2)cc1C(C)C. The Morgan fingerprint density at radius 2 is 1.76 bits per heavy atom. The molecule has 4 aromatic carbocycles. The predicted molar refractivity (Wildman–Crippen MR) is 178 cm³/mol. The number of ether oxygens (including phenoxy) is 2. The Morgan fingerprint density at radius 3 is 2.42 bits per heavy atom. The van der Waals surface area contributed by atoms with Gasteiger partial charge in [0.1, 0.15) is 18.1 Å². The molecule has 0 aliphatic heterocycles. The first-order valence-electron chi connectivity index (χ1n) is 14.6. The number of para-hydroxylation sites is 1. The molecule has 0 aliphatic carbocycles. The number of rotatable bonds is 10. The van der Waals surface area contributed by atoms with Crippen LogP contribution >= 0.6 is 0 Å². The van der Waals surface area contributed by atoms with Crippen molar-refractivity contribution in [1.82, 2.24) is 9.66 Å². The Kier molecular flexibility index (Phi) is 8.99. The minimum absolute atomic E-state index is 0.179. The molecule has 0 saturated carbocycles. The van der Waals surface area contributed by atoms with Crippen LogP contribution in [0.5, 0.6) is 11.5 Å². The predicted octanol–water partition coefficient (Wildman–Crippen LogP) is 6.73. The molecule has 5 rings (SSSR count). The summed E-state index contributed by atoms with van der Waals surface area (Å²) in [6.07, 6.45) is 1.60. The average molecular weight is 605 g/mol. The normalized spacial score (nSPS) is 11.4. The first-order valence-corrected chi connectivity index (χ1v) is 14.6. The lowest BCUT2D eigenvalue weighted by Crippen LogP contribution is -2.21. The van der Waals surface area contributed by atoms with Gasteiger partial charge in [0.15, 0.2) is 5.82 Å². The lowest BCUT2D eigenvalue weighted by atomic mass is 9.96. The lowest BCUT2D eigenvalue weighted by Gasteiger charge is -2.18. The Hall–Kier alpha value is -5.44. The standard InChI is InChI=1S/C36H36N4O5/c1-22(2)29-19-30(23(3)17-33(29)44-6)34-38-31-10-8-7-9-28(31)35(41)40(34)37-20-26-15-16-27(39(4)5)18-32(26)45-21-24-11-13-25(14-12-24)36(42)43/h7-20,22H,21H2,1-6H3,(H,42,43). The zero-order valence-corrected chi connectivity index (χ0v) is 26.2. The molecular weight excluding hydrogens is 568 g/mol. The van der Waals surface area contributed by atoms with Gasteiger partial charge >= 0.3 is 5.97 Å². The Balaban J connectivity index is 1.61. The number of aromatic carboxylic acids is 1. The van der Waals surface area contributed by atoms with Crippen molar-refractivity contribution >= 4 is 28.8 Å². The van der Waals surface area contributed by atoms with Gasteiger partial charge in [0.2, 0.25) is 0 Å². The molecular formula is C36H36N4O5. The van der Waals surface area contributed by atoms with Gasteiger partial charge in [0.05, 0.1) is 29.8 Å². The van der Waals surface area contributed by atoms with E-state index < -0.39 is 5.97 Å². The summed E-state index contributed by atoms with van der Waals surface area (Å²) in [5.74, 6) is 0.951. The maximum absolute atomic E-state index is 13.9. The third kappa shape index (κ3) is 6.57. The van der Waals surface area contributed by atoms with Crippen molar-refractivity contribution in [3.8, 4) is 22.9 Å². The number of carboxylic acid groups (broad SMARTS) is 1. The second-order valence-electron chi connectivity index (χ2n) is 11.3. The van der Waals surface area contributed by atoms with Crippen LogP contribution in [0.25, 0.3) is 22.3 Å². The van der Waals surface area contributed by atoms with Crippen LogP contribution in [-0.4, -0.2) is 48.2 Å². The van der Waals surface area contributed by atoms with Crippen molar-refractivity contribution in [3.05, 3.63) is 117 Å². The summed E-state index contributed by atoms with van der Waals surface area (Å²) in [6.45, 7) is 6.36. The quantitative estimate of drug-likeness (QED) is 0.176. The van der Waals surface area contributed by atoms with Crippen LogP contribution in [0, 0.1) is 6.92 Å². The fourth-order valence-electron chi connectivity index (χ4n) is 5.03. The van der Waals surface area contributed by atoms with E-state index in [0.29, 0.717) is 28.0 Å². The maximum Gasteiger partial charge on any atom is 0.335 e. The van der Waals surface area contributed by atoms with Gasteiger partial charge in [-0.05, 0) is 78.1 Å². The number of hydrogen-bond acceptors (Lipinski definition) is 7. The molecule has 5 aromatic rings. The van der Waals surface area contributed by atoms with Crippen molar-refractivity contribution in [2.45, 2.75) is 33.3 Å². The lowest BCUT2D eigenvalue weighted by molar-refractivity contribution is 0.0697. The Labute approximate surface area is 262 Å². The zero-order chi connectivity index (χ0) is 32.2. The summed E-state index contributed by atoms with van der Waals surface area (Å²) in [5.41, 5.74) is 5.57. The van der Waals surface area contributed by atoms with Crippen LogP contribution in [-0.2, 0) is 6.61 Å². The smallest absolute Gasteiger partial charge is 0.335 e. The van der Waals surface area contributed by atoms with Crippen LogP contribution in [0.1, 0.15) is 52.4 Å². The third-order valence-corrected chi connectivity index (χ3v) is 7.61. The third-order valence-electron chi connectivity index (χ3n) is 7.61. The molecule has 0 spiro atoms. The summed E-state index contributed by atoms with van der Waals surface area (Å²) >= 11 is 0. The minimum Gasteiger partial charge on any atom is -0.496 e. The van der Waals surface area contributed by atoms with Gasteiger partial charge in [-0.1, -0.05) is 38.1 Å². The topological polar surface area (TPSA) is 106 Å². The largest absolute Gasteiger partial charge is 0.496 e. The van der Waals surface area contributed by atoms with E-state index in [1.54, 1.807) is 43.7 Å². The van der Waals surface area contributed by atoms with E-state index in [2.05, 4.69) is 13.8 Å². The Bertz CT molecular complexity index is 1960. The van der Waals surface area contributed by atoms with E-state index in [0.717, 1.165) is 33.7 Å². The molecule has 9 nitrogen and oxygen atoms in total. The molecule has 9 heteroatoms. The first kappa shape index (κ1) is 31.0. The monoisotopic (exact) mass is 604 g/mol. The van der Waals surface area contributed by atoms with Crippen LogP contribution in [0.15, 0.2) is 88.8 Å². The molecule has 0 bridgehead atoms. The van der Waals surface area contributed by atoms with E-state index >= 15 is 0 Å². The zero-order valence-electron chi connectivity index (χ0n) is 26.2. The van der Waals surface area contributed by atoms with Crippen LogP contribution < -0.4 is 19.9 Å². The van der Waals surface area contributed by atoms with Crippen molar-refractivity contribution in [1.29, 1.82) is 0 Å². The summed E-state index contributed by atoms with van der Waals surface area (Å²) in [5, 5.41) is 14.4. The molecule has 0 amide bonds. The molecule has 1 N–H and O–H groups in total. The number of benzene rings is 4. The van der Waals surface area contributed by atoms with Crippen molar-refractivity contribution < 1.29 is 19.4 Å². The highest BCUT2D eigenvalue weighted by atomic mass is 16.5. The molecule has 230 valence electrons. The van der Waals surface area contributed by atoms with Gasteiger partial charge < -0.3 is 19.5 Å². The minimum atomic E-state index is -0.984. The summed E-state index contributed by atoms with van der Waals surface area (Å²) < 4.78 is 13.2. The second-order valence-corrected chi connectivity index (χ2v) is 11.3. The summed E-state index contributed by atoms with van der Waals surface area (Å²) in [4.78, 5) is 32.0. The van der Waals surface area contributed by atoms with Gasteiger partial charge in [0.25, 0.3) is 5.56 Å². The molecule has 0 radical (unpaired) electrons. The molecule has 0 atom stereocenters. The van der Waals surface area contributed by atoms with Crippen LogP contribution in [0.4, 0.5) is 5.69 Å². The molecule has 1 heterocycles. The molecule has 1 aromatic heterocycles. The van der Waals surface area contributed by atoms with Crippen molar-refractivity contribution in [3.63, 3.8) is 0 Å². The fraction of sp³-hybridized carbons (Fsp3) is 0.222. The molecule has 0 unspecified atom stereocenters. The van der Waals surface area contributed by atoms with E-state index in [9.17, 15) is 14.7 Å². The van der Waals surface area contributed by atoms with Crippen molar-refractivity contribution in [2.75, 3.05) is 26.1 Å². The highest BCUT2D eigenvalue weighted by Gasteiger charge is 2.18. The van der Waals surface area contributed by atoms with Gasteiger partial charge in [-0.15, -0.1) is 0 Å². The number of carbonyl (C=O) groups is 1. The average Bonchev–Trinajstić information content (AvgIpc) is 3.03. The van der Waals surface area contributed by atoms with Gasteiger partial charge in [-0.3, -0.25) is 4.79 Å². The van der Waals surface area contributed by atoms with E-state index in [1.165, 1.54) is 4.68 Å². The van der Waals surface area contributed by atoms with E-state index in [-0.39, 0.29) is 23.6 Å². The fourth-order valence-corrected chi connectivity index (χ4v) is 5.03. The van der Waals surface area contributed by atoms with E-state index in [4.69, 9.17) is 19.6 Å². The van der Waals surface area contributed by atoms with Gasteiger partial charge in [0, 0.05) is 37.0 Å². The molecule has 0 fully saturated rings. The first-order chi connectivity index (χ1) is 21.6. The number of aryl methyl sites for hydroxylation is 1. The highest BCUT2D eigenvalue weighted by Crippen LogP contribution is 2.34.